The summed E-state index contributed by atoms with van der Waals surface area (Å²) in [5.41, 5.74) is 0. The fraction of sp³-hybridized carbons (Fsp3) is 0.857. The molecule has 0 aromatic carbocycles. The van der Waals surface area contributed by atoms with E-state index < -0.39 is 0 Å². The molecule has 2 rings (SSSR count). The van der Waals surface area contributed by atoms with Crippen molar-refractivity contribution in [2.24, 2.45) is 0 Å². The molecule has 0 aliphatic carbocycles. The topological polar surface area (TPSA) is 86.8 Å². The van der Waals surface area contributed by atoms with Crippen molar-refractivity contribution in [1.82, 2.24) is 30.8 Å². The Kier molecular flexibility index (Phi) is 11.4. The molecule has 1 saturated heterocycles. The number of nitrogens with zero attached hydrogens (tertiary/aromatic N) is 4. The van der Waals surface area contributed by atoms with E-state index in [9.17, 15) is 4.79 Å². The number of hydrogen-bond donors (Lipinski definition) is 2. The molecule has 1 fully saturated rings. The summed E-state index contributed by atoms with van der Waals surface area (Å²) >= 11 is 0. The Labute approximate surface area is 127 Å². The highest BCUT2D eigenvalue weighted by Gasteiger charge is 2.22. The van der Waals surface area contributed by atoms with E-state index in [0.29, 0.717) is 24.7 Å². The van der Waals surface area contributed by atoms with Crippen LogP contribution < -0.4 is 5.32 Å². The first-order chi connectivity index (χ1) is 10.3. The summed E-state index contributed by atoms with van der Waals surface area (Å²) in [6.45, 7) is 12.7. The normalized spacial score (nSPS) is 17.2. The first kappa shape index (κ1) is 19.5. The molecule has 122 valence electrons. The van der Waals surface area contributed by atoms with E-state index in [0.717, 1.165) is 26.1 Å². The average molecular weight is 298 g/mol. The zero-order valence-corrected chi connectivity index (χ0v) is 14.0. The monoisotopic (exact) mass is 298 g/mol. The summed E-state index contributed by atoms with van der Waals surface area (Å²) in [5.74, 6) is 0.897. The van der Waals surface area contributed by atoms with Crippen LogP contribution in [0.4, 0.5) is 0 Å². The van der Waals surface area contributed by atoms with Gasteiger partial charge in [-0.2, -0.15) is 5.21 Å². The summed E-state index contributed by atoms with van der Waals surface area (Å²) in [5, 5.41) is 16.9. The van der Waals surface area contributed by atoms with Crippen molar-refractivity contribution in [3.8, 4) is 0 Å². The van der Waals surface area contributed by atoms with Gasteiger partial charge in [0.1, 0.15) is 0 Å². The van der Waals surface area contributed by atoms with Crippen LogP contribution in [-0.4, -0.2) is 57.1 Å². The first-order valence-electron chi connectivity index (χ1n) is 8.00. The van der Waals surface area contributed by atoms with E-state index in [4.69, 9.17) is 0 Å². The van der Waals surface area contributed by atoms with Crippen LogP contribution in [-0.2, 0) is 11.2 Å². The number of aromatic amines is 1. The summed E-state index contributed by atoms with van der Waals surface area (Å²) in [6, 6.07) is 0.293. The second-order valence-corrected chi connectivity index (χ2v) is 4.32. The molecule has 1 atom stereocenters. The molecule has 1 aromatic rings. The molecule has 0 radical (unpaired) electrons. The second-order valence-electron chi connectivity index (χ2n) is 4.32. The maximum absolute atomic E-state index is 12.0. The van der Waals surface area contributed by atoms with Crippen LogP contribution in [0.5, 0.6) is 0 Å². The van der Waals surface area contributed by atoms with Crippen molar-refractivity contribution < 1.29 is 4.79 Å². The minimum atomic E-state index is 0.225. The number of aromatic nitrogens is 4. The van der Waals surface area contributed by atoms with Crippen molar-refractivity contribution in [2.75, 3.05) is 19.6 Å². The van der Waals surface area contributed by atoms with Gasteiger partial charge in [0.25, 0.3) is 0 Å². The number of tetrazole rings is 1. The van der Waals surface area contributed by atoms with Gasteiger partial charge in [0.05, 0.1) is 0 Å². The number of piperazine rings is 1. The summed E-state index contributed by atoms with van der Waals surface area (Å²) in [7, 11) is 0. The van der Waals surface area contributed by atoms with E-state index >= 15 is 0 Å². The van der Waals surface area contributed by atoms with E-state index in [1.165, 1.54) is 0 Å². The van der Waals surface area contributed by atoms with E-state index in [-0.39, 0.29) is 5.91 Å². The lowest BCUT2D eigenvalue weighted by Crippen LogP contribution is -2.52. The van der Waals surface area contributed by atoms with Gasteiger partial charge in [-0.3, -0.25) is 4.79 Å². The van der Waals surface area contributed by atoms with Gasteiger partial charge in [0.15, 0.2) is 5.82 Å². The smallest absolute Gasteiger partial charge is 0.222 e. The molecule has 0 spiro atoms. The maximum atomic E-state index is 12.0. The fourth-order valence-electron chi connectivity index (χ4n) is 2.04. The molecule has 21 heavy (non-hydrogen) atoms. The van der Waals surface area contributed by atoms with Crippen molar-refractivity contribution in [1.29, 1.82) is 0 Å². The Morgan fingerprint density at radius 2 is 2.05 bits per heavy atom. The van der Waals surface area contributed by atoms with Gasteiger partial charge < -0.3 is 10.2 Å². The van der Waals surface area contributed by atoms with Crippen LogP contribution in [0.25, 0.3) is 0 Å². The number of aryl methyl sites for hydroxylation is 1. The third-order valence-electron chi connectivity index (χ3n) is 3.00. The van der Waals surface area contributed by atoms with Crippen LogP contribution in [0.15, 0.2) is 0 Å². The molecule has 2 N–H and O–H groups in total. The van der Waals surface area contributed by atoms with E-state index in [1.807, 2.05) is 32.6 Å². The van der Waals surface area contributed by atoms with E-state index in [1.54, 1.807) is 0 Å². The van der Waals surface area contributed by atoms with Crippen LogP contribution in [0.2, 0.25) is 0 Å². The maximum Gasteiger partial charge on any atom is 0.222 e. The fourth-order valence-corrected chi connectivity index (χ4v) is 2.04. The Morgan fingerprint density at radius 1 is 1.33 bits per heavy atom. The summed E-state index contributed by atoms with van der Waals surface area (Å²) in [6.07, 6.45) is 2.02. The van der Waals surface area contributed by atoms with Crippen molar-refractivity contribution >= 4 is 5.91 Å². The minimum absolute atomic E-state index is 0.225. The van der Waals surface area contributed by atoms with Crippen molar-refractivity contribution in [2.45, 2.75) is 59.9 Å². The molecule has 0 saturated carbocycles. The summed E-state index contributed by atoms with van der Waals surface area (Å²) < 4.78 is 0. The molecule has 1 aliphatic rings. The largest absolute Gasteiger partial charge is 0.337 e. The van der Waals surface area contributed by atoms with Crippen LogP contribution >= 0.6 is 0 Å². The third-order valence-corrected chi connectivity index (χ3v) is 3.00. The van der Waals surface area contributed by atoms with Gasteiger partial charge in [-0.15, -0.1) is 10.2 Å². The van der Waals surface area contributed by atoms with Gasteiger partial charge in [0.2, 0.25) is 5.91 Å². The van der Waals surface area contributed by atoms with Gasteiger partial charge >= 0.3 is 0 Å². The van der Waals surface area contributed by atoms with Crippen LogP contribution in [0, 0.1) is 0 Å². The Balaban J connectivity index is 0.000000921. The van der Waals surface area contributed by atoms with Gasteiger partial charge in [-0.1, -0.05) is 32.9 Å². The molecule has 0 bridgehead atoms. The second kappa shape index (κ2) is 12.3. The molecule has 1 aromatic heterocycles. The van der Waals surface area contributed by atoms with Crippen molar-refractivity contribution in [3.05, 3.63) is 5.82 Å². The molecular formula is C14H30N6O. The number of rotatable bonds is 4. The lowest BCUT2D eigenvalue weighted by molar-refractivity contribution is -0.134. The molecule has 7 nitrogen and oxygen atoms in total. The summed E-state index contributed by atoms with van der Waals surface area (Å²) in [4.78, 5) is 13.9. The quantitative estimate of drug-likeness (QED) is 0.877. The van der Waals surface area contributed by atoms with Gasteiger partial charge in [-0.05, 0) is 13.3 Å². The number of carbonyl (C=O) groups is 1. The van der Waals surface area contributed by atoms with Gasteiger partial charge in [0, 0.05) is 38.5 Å². The third kappa shape index (κ3) is 7.17. The number of amides is 1. The zero-order chi connectivity index (χ0) is 16.1. The molecule has 7 heteroatoms. The Bertz CT molecular complexity index is 354. The molecular weight excluding hydrogens is 268 g/mol. The van der Waals surface area contributed by atoms with Crippen LogP contribution in [0.3, 0.4) is 0 Å². The van der Waals surface area contributed by atoms with Gasteiger partial charge in [-0.25, -0.2) is 0 Å². The number of H-pyrrole nitrogens is 1. The van der Waals surface area contributed by atoms with Crippen molar-refractivity contribution in [3.63, 3.8) is 0 Å². The average Bonchev–Trinajstić information content (AvgIpc) is 3.05. The first-order valence-corrected chi connectivity index (χ1v) is 8.00. The molecule has 1 amide bonds. The number of hydrogen-bond acceptors (Lipinski definition) is 5. The lowest BCUT2D eigenvalue weighted by atomic mass is 10.1. The minimum Gasteiger partial charge on any atom is -0.337 e. The number of nitrogens with one attached hydrogen (secondary N) is 2. The standard InChI is InChI=1S/C10H18N6O.2C2H6/c1-8-7-11-5-6-16(8)10(17)4-2-3-9-12-14-15-13-9;2*1-2/h8,11H,2-7H2,1H3,(H,12,13,14,15);2*1-2H3. The van der Waals surface area contributed by atoms with E-state index in [2.05, 4.69) is 32.9 Å². The Morgan fingerprint density at radius 3 is 2.62 bits per heavy atom. The zero-order valence-electron chi connectivity index (χ0n) is 14.0. The highest BCUT2D eigenvalue weighted by molar-refractivity contribution is 5.76. The highest BCUT2D eigenvalue weighted by Crippen LogP contribution is 2.07. The highest BCUT2D eigenvalue weighted by atomic mass is 16.2. The predicted octanol–water partition coefficient (Wildman–Crippen LogP) is 1.40. The Hall–Kier alpha value is -1.50. The predicted molar refractivity (Wildman–Crippen MR) is 83.9 cm³/mol. The SMILES string of the molecule is CC.CC.CC1CNCCN1C(=O)CCCc1nn[nH]n1. The molecule has 1 aliphatic heterocycles. The van der Waals surface area contributed by atoms with Crippen LogP contribution in [0.1, 0.15) is 53.3 Å². The number of carbonyl (C=O) groups excluding carboxylic acids is 1. The molecule has 1 unspecified atom stereocenters. The lowest BCUT2D eigenvalue weighted by Gasteiger charge is -2.34. The molecule has 2 heterocycles.